The zero-order valence-corrected chi connectivity index (χ0v) is 11.1. The molecule has 1 aliphatic rings. The van der Waals surface area contributed by atoms with E-state index in [0.717, 1.165) is 24.7 Å². The Morgan fingerprint density at radius 1 is 1.24 bits per heavy atom. The third kappa shape index (κ3) is 2.39. The highest BCUT2D eigenvalue weighted by molar-refractivity contribution is 7.10. The molecule has 2 aromatic rings. The van der Waals surface area contributed by atoms with E-state index in [1.165, 1.54) is 17.5 Å². The summed E-state index contributed by atoms with van der Waals surface area (Å²) in [6.07, 6.45) is 1.18. The zero-order valence-electron chi connectivity index (χ0n) is 9.53. The van der Waals surface area contributed by atoms with Crippen LogP contribution < -0.4 is 0 Å². The molecule has 0 unspecified atom stereocenters. The molecule has 1 nitrogen and oxygen atoms in total. The molecule has 2 heterocycles. The fraction of sp³-hybridized carbons (Fsp3) is 0.286. The second-order valence-corrected chi connectivity index (χ2v) is 5.83. The van der Waals surface area contributed by atoms with Crippen molar-refractivity contribution in [2.75, 3.05) is 6.54 Å². The summed E-state index contributed by atoms with van der Waals surface area (Å²) in [5, 5.41) is 3.08. The molecular formula is C14H14ClNS. The highest BCUT2D eigenvalue weighted by atomic mass is 35.5. The van der Waals surface area contributed by atoms with Crippen LogP contribution in [0.4, 0.5) is 0 Å². The van der Waals surface area contributed by atoms with E-state index in [1.54, 1.807) is 4.88 Å². The molecule has 0 atom stereocenters. The van der Waals surface area contributed by atoms with Gasteiger partial charge in [-0.15, -0.1) is 11.3 Å². The molecule has 0 saturated heterocycles. The number of thiophene rings is 1. The van der Waals surface area contributed by atoms with Gasteiger partial charge in [0.05, 0.1) is 0 Å². The average molecular weight is 270 g/mol. The normalized spacial score (nSPS) is 15.8. The maximum absolute atomic E-state index is 6.20. The number of rotatable bonds is 2. The number of hydrogen-bond acceptors (Lipinski definition) is 2. The Labute approximate surface area is 111 Å². The minimum atomic E-state index is 0.878. The number of fused-ring (bicyclic) bond motifs is 1. The van der Waals surface area contributed by atoms with Crippen molar-refractivity contribution in [3.8, 4) is 0 Å². The van der Waals surface area contributed by atoms with Crippen LogP contribution in [0.3, 0.4) is 0 Å². The van der Waals surface area contributed by atoms with E-state index in [1.807, 2.05) is 23.5 Å². The van der Waals surface area contributed by atoms with Crippen molar-refractivity contribution in [2.45, 2.75) is 19.5 Å². The van der Waals surface area contributed by atoms with Crippen molar-refractivity contribution in [1.29, 1.82) is 0 Å². The topological polar surface area (TPSA) is 3.24 Å². The lowest BCUT2D eigenvalue weighted by atomic mass is 10.1. The molecule has 0 amide bonds. The number of halogens is 1. The largest absolute Gasteiger partial charge is 0.294 e. The van der Waals surface area contributed by atoms with Crippen LogP contribution in [0.5, 0.6) is 0 Å². The Balaban J connectivity index is 1.74. The predicted octanol–water partition coefficient (Wildman–Crippen LogP) is 3.96. The lowest BCUT2D eigenvalue weighted by molar-refractivity contribution is 0.247. The van der Waals surface area contributed by atoms with Crippen molar-refractivity contribution in [3.63, 3.8) is 0 Å². The summed E-state index contributed by atoms with van der Waals surface area (Å²) in [6, 6.07) is 10.4. The van der Waals surface area contributed by atoms with Gasteiger partial charge in [0.25, 0.3) is 0 Å². The van der Waals surface area contributed by atoms with Gasteiger partial charge in [0.2, 0.25) is 0 Å². The predicted molar refractivity (Wildman–Crippen MR) is 73.6 cm³/mol. The molecule has 1 aromatic heterocycles. The molecule has 17 heavy (non-hydrogen) atoms. The van der Waals surface area contributed by atoms with E-state index in [0.29, 0.717) is 0 Å². The van der Waals surface area contributed by atoms with Crippen LogP contribution in [0.2, 0.25) is 5.02 Å². The van der Waals surface area contributed by atoms with E-state index < -0.39 is 0 Å². The quantitative estimate of drug-likeness (QED) is 0.798. The van der Waals surface area contributed by atoms with Crippen molar-refractivity contribution in [2.24, 2.45) is 0 Å². The van der Waals surface area contributed by atoms with Crippen LogP contribution in [0.25, 0.3) is 0 Å². The second-order valence-electron chi connectivity index (χ2n) is 4.42. The summed E-state index contributed by atoms with van der Waals surface area (Å²) in [7, 11) is 0. The molecular weight excluding hydrogens is 256 g/mol. The monoisotopic (exact) mass is 269 g/mol. The average Bonchev–Trinajstić information content (AvgIpc) is 2.79. The smallest absolute Gasteiger partial charge is 0.0451 e. The van der Waals surface area contributed by atoms with E-state index >= 15 is 0 Å². The minimum absolute atomic E-state index is 0.878. The Bertz CT molecular complexity index is 520. The summed E-state index contributed by atoms with van der Waals surface area (Å²) in [5.74, 6) is 0. The molecule has 0 spiro atoms. The molecule has 0 N–H and O–H groups in total. The summed E-state index contributed by atoms with van der Waals surface area (Å²) < 4.78 is 0. The first-order valence-electron chi connectivity index (χ1n) is 5.84. The number of nitrogens with zero attached hydrogens (tertiary/aromatic N) is 1. The highest BCUT2D eigenvalue weighted by Gasteiger charge is 2.17. The first-order chi connectivity index (χ1) is 8.33. The van der Waals surface area contributed by atoms with Crippen molar-refractivity contribution in [1.82, 2.24) is 4.90 Å². The summed E-state index contributed by atoms with van der Waals surface area (Å²) in [6.45, 7) is 3.15. The minimum Gasteiger partial charge on any atom is -0.294 e. The maximum atomic E-state index is 6.20. The molecule has 0 aliphatic carbocycles. The van der Waals surface area contributed by atoms with Gasteiger partial charge in [-0.05, 0) is 35.1 Å². The molecule has 0 fully saturated rings. The van der Waals surface area contributed by atoms with Gasteiger partial charge in [-0.1, -0.05) is 29.8 Å². The molecule has 88 valence electrons. The molecule has 0 saturated carbocycles. The van der Waals surface area contributed by atoms with E-state index in [2.05, 4.69) is 28.5 Å². The molecule has 1 aliphatic heterocycles. The highest BCUT2D eigenvalue weighted by Crippen LogP contribution is 2.26. The third-order valence-electron chi connectivity index (χ3n) is 3.24. The molecule has 1 aromatic carbocycles. The number of benzene rings is 1. The van der Waals surface area contributed by atoms with Crippen LogP contribution in [0.1, 0.15) is 16.0 Å². The van der Waals surface area contributed by atoms with Crippen molar-refractivity contribution < 1.29 is 0 Å². The first kappa shape index (κ1) is 11.3. The van der Waals surface area contributed by atoms with Gasteiger partial charge in [0.1, 0.15) is 0 Å². The maximum Gasteiger partial charge on any atom is 0.0451 e. The Morgan fingerprint density at radius 2 is 2.12 bits per heavy atom. The standard InChI is InChI=1S/C14H14ClNS/c15-13-4-2-1-3-11(13)9-16-7-5-14-12(10-16)6-8-17-14/h1-4,6,8H,5,7,9-10H2/i1+1,2+1,3+1,4+1,11+1,13+1. The van der Waals surface area contributed by atoms with Gasteiger partial charge in [0.15, 0.2) is 0 Å². The lowest BCUT2D eigenvalue weighted by Gasteiger charge is -2.27. The van der Waals surface area contributed by atoms with E-state index in [4.69, 9.17) is 11.6 Å². The van der Waals surface area contributed by atoms with E-state index in [-0.39, 0.29) is 0 Å². The van der Waals surface area contributed by atoms with Gasteiger partial charge < -0.3 is 0 Å². The Morgan fingerprint density at radius 3 is 3.00 bits per heavy atom. The Hall–Kier alpha value is -0.830. The molecule has 0 radical (unpaired) electrons. The number of hydrogen-bond donors (Lipinski definition) is 0. The van der Waals surface area contributed by atoms with Crippen molar-refractivity contribution in [3.05, 3.63) is 56.7 Å². The summed E-state index contributed by atoms with van der Waals surface area (Å²) in [4.78, 5) is 4.02. The van der Waals surface area contributed by atoms with Gasteiger partial charge in [-0.3, -0.25) is 4.90 Å². The van der Waals surface area contributed by atoms with Gasteiger partial charge in [0, 0.05) is 29.5 Å². The van der Waals surface area contributed by atoms with Crippen LogP contribution in [-0.4, -0.2) is 11.4 Å². The summed E-state index contributed by atoms with van der Waals surface area (Å²) >= 11 is 8.08. The van der Waals surface area contributed by atoms with Gasteiger partial charge in [-0.2, -0.15) is 0 Å². The second kappa shape index (κ2) is 4.81. The fourth-order valence-electron chi connectivity index (χ4n) is 2.31. The Kier molecular flexibility index (Phi) is 3.19. The first-order valence-corrected chi connectivity index (χ1v) is 7.10. The van der Waals surface area contributed by atoms with Gasteiger partial charge >= 0.3 is 0 Å². The zero-order chi connectivity index (χ0) is 11.7. The van der Waals surface area contributed by atoms with Crippen LogP contribution >= 0.6 is 22.9 Å². The SMILES string of the molecule is Cl[13c]1[13cH][13cH][13cH][13cH][13c]1CN1CCc2sccc2C1. The fourth-order valence-corrected chi connectivity index (χ4v) is 3.39. The van der Waals surface area contributed by atoms with Crippen LogP contribution in [0.15, 0.2) is 35.7 Å². The van der Waals surface area contributed by atoms with Crippen LogP contribution in [-0.2, 0) is 19.5 Å². The third-order valence-corrected chi connectivity index (χ3v) is 4.63. The van der Waals surface area contributed by atoms with E-state index in [9.17, 15) is 0 Å². The van der Waals surface area contributed by atoms with Gasteiger partial charge in [-0.25, -0.2) is 0 Å². The summed E-state index contributed by atoms with van der Waals surface area (Å²) in [5.41, 5.74) is 2.72. The molecule has 0 bridgehead atoms. The lowest BCUT2D eigenvalue weighted by Crippen LogP contribution is -2.29. The molecule has 3 heteroatoms. The van der Waals surface area contributed by atoms with Crippen molar-refractivity contribution >= 4 is 22.9 Å². The van der Waals surface area contributed by atoms with Crippen LogP contribution in [0, 0.1) is 0 Å². The molecule has 3 rings (SSSR count).